The normalized spacial score (nSPS) is 20.0. The SMILES string of the molecule is O=C(NC1CCCCC1)C(c1ccccc1Cl)N(C(=O)[C@@H]1CCSN1)c1cccc(F)c1. The molecule has 1 aliphatic carbocycles. The van der Waals surface area contributed by atoms with Gasteiger partial charge in [0.2, 0.25) is 11.8 Å². The van der Waals surface area contributed by atoms with Crippen LogP contribution in [0.2, 0.25) is 5.02 Å². The predicted molar refractivity (Wildman–Crippen MR) is 127 cm³/mol. The van der Waals surface area contributed by atoms with Crippen LogP contribution in [0.25, 0.3) is 0 Å². The van der Waals surface area contributed by atoms with E-state index in [9.17, 15) is 14.0 Å². The Hall–Kier alpha value is -2.09. The summed E-state index contributed by atoms with van der Waals surface area (Å²) < 4.78 is 17.3. The monoisotopic (exact) mass is 475 g/mol. The first kappa shape index (κ1) is 23.1. The highest BCUT2D eigenvalue weighted by Gasteiger charge is 2.39. The topological polar surface area (TPSA) is 61.4 Å². The molecule has 2 fully saturated rings. The molecule has 0 radical (unpaired) electrons. The average Bonchev–Trinajstić information content (AvgIpc) is 3.33. The molecule has 0 bridgehead atoms. The first-order valence-electron chi connectivity index (χ1n) is 11.1. The Balaban J connectivity index is 1.77. The fourth-order valence-electron chi connectivity index (χ4n) is 4.39. The Morgan fingerprint density at radius 2 is 1.88 bits per heavy atom. The molecule has 1 aliphatic heterocycles. The zero-order valence-corrected chi connectivity index (χ0v) is 19.3. The maximum atomic E-state index is 14.2. The van der Waals surface area contributed by atoms with Gasteiger partial charge in [0.05, 0.1) is 6.04 Å². The Kier molecular flexibility index (Phi) is 7.71. The van der Waals surface area contributed by atoms with Crippen LogP contribution in [0.15, 0.2) is 48.5 Å². The number of carbonyl (C=O) groups excluding carboxylic acids is 2. The van der Waals surface area contributed by atoms with Crippen molar-refractivity contribution in [1.82, 2.24) is 10.0 Å². The van der Waals surface area contributed by atoms with E-state index in [1.165, 1.54) is 35.4 Å². The molecule has 170 valence electrons. The van der Waals surface area contributed by atoms with E-state index in [-0.39, 0.29) is 17.9 Å². The zero-order chi connectivity index (χ0) is 22.5. The van der Waals surface area contributed by atoms with Gasteiger partial charge in [0.25, 0.3) is 0 Å². The molecule has 4 rings (SSSR count). The number of amides is 2. The van der Waals surface area contributed by atoms with Crippen LogP contribution >= 0.6 is 23.5 Å². The van der Waals surface area contributed by atoms with Gasteiger partial charge in [0.15, 0.2) is 0 Å². The minimum atomic E-state index is -1.01. The number of anilines is 1. The average molecular weight is 476 g/mol. The van der Waals surface area contributed by atoms with Crippen LogP contribution in [0, 0.1) is 5.82 Å². The summed E-state index contributed by atoms with van der Waals surface area (Å²) in [5, 5.41) is 3.53. The summed E-state index contributed by atoms with van der Waals surface area (Å²) in [6.07, 6.45) is 5.76. The molecule has 1 unspecified atom stereocenters. The third-order valence-corrected chi connectivity index (χ3v) is 7.25. The molecule has 0 aromatic heterocycles. The van der Waals surface area contributed by atoms with Gasteiger partial charge in [-0.15, -0.1) is 0 Å². The Bertz CT molecular complexity index is 964. The van der Waals surface area contributed by atoms with Gasteiger partial charge >= 0.3 is 0 Å². The van der Waals surface area contributed by atoms with Gasteiger partial charge in [-0.2, -0.15) is 0 Å². The number of halogens is 2. The van der Waals surface area contributed by atoms with Crippen LogP contribution < -0.4 is 14.9 Å². The molecule has 2 aromatic carbocycles. The Morgan fingerprint density at radius 3 is 2.56 bits per heavy atom. The highest BCUT2D eigenvalue weighted by Crippen LogP contribution is 2.34. The minimum Gasteiger partial charge on any atom is -0.351 e. The summed E-state index contributed by atoms with van der Waals surface area (Å²) in [7, 11) is 0. The first-order valence-corrected chi connectivity index (χ1v) is 12.4. The van der Waals surface area contributed by atoms with Gasteiger partial charge in [-0.1, -0.05) is 67.1 Å². The number of nitrogens with one attached hydrogen (secondary N) is 2. The van der Waals surface area contributed by atoms with Crippen LogP contribution in [0.3, 0.4) is 0 Å². The van der Waals surface area contributed by atoms with Crippen LogP contribution in [0.5, 0.6) is 0 Å². The number of rotatable bonds is 6. The van der Waals surface area contributed by atoms with Gasteiger partial charge in [-0.05, 0) is 43.5 Å². The van der Waals surface area contributed by atoms with Crippen molar-refractivity contribution < 1.29 is 14.0 Å². The quantitative estimate of drug-likeness (QED) is 0.576. The molecule has 32 heavy (non-hydrogen) atoms. The van der Waals surface area contributed by atoms with Gasteiger partial charge in [0.1, 0.15) is 11.9 Å². The molecule has 8 heteroatoms. The standard InChI is InChI=1S/C24H27ClFN3O2S/c25-20-12-5-4-11-19(20)22(23(30)27-17-8-2-1-3-9-17)29(18-10-6-7-16(26)15-18)24(31)21-13-14-32-28-21/h4-7,10-12,15,17,21-22,28H,1-3,8-9,13-14H2,(H,27,30)/t21-,22?/m0/s1. The summed E-state index contributed by atoms with van der Waals surface area (Å²) in [4.78, 5) is 28.8. The van der Waals surface area contributed by atoms with Crippen molar-refractivity contribution in [2.75, 3.05) is 10.7 Å². The van der Waals surface area contributed by atoms with E-state index in [2.05, 4.69) is 10.0 Å². The van der Waals surface area contributed by atoms with Crippen LogP contribution in [0.1, 0.15) is 50.1 Å². The lowest BCUT2D eigenvalue weighted by atomic mass is 9.94. The van der Waals surface area contributed by atoms with Crippen LogP contribution in [-0.2, 0) is 9.59 Å². The van der Waals surface area contributed by atoms with E-state index in [1.54, 1.807) is 36.4 Å². The predicted octanol–water partition coefficient (Wildman–Crippen LogP) is 5.01. The van der Waals surface area contributed by atoms with Crippen molar-refractivity contribution in [2.24, 2.45) is 0 Å². The van der Waals surface area contributed by atoms with E-state index in [0.29, 0.717) is 22.7 Å². The first-order chi connectivity index (χ1) is 15.5. The molecule has 2 N–H and O–H groups in total. The lowest BCUT2D eigenvalue weighted by Gasteiger charge is -2.35. The second-order valence-corrected chi connectivity index (χ2v) is 9.60. The van der Waals surface area contributed by atoms with Crippen LogP contribution in [0.4, 0.5) is 10.1 Å². The second-order valence-electron chi connectivity index (χ2n) is 8.26. The zero-order valence-electron chi connectivity index (χ0n) is 17.7. The molecule has 1 heterocycles. The summed E-state index contributed by atoms with van der Waals surface area (Å²) >= 11 is 8.00. The minimum absolute atomic E-state index is 0.0610. The Labute approximate surface area is 197 Å². The van der Waals surface area contributed by atoms with E-state index >= 15 is 0 Å². The summed E-state index contributed by atoms with van der Waals surface area (Å²) in [5.41, 5.74) is 0.850. The molecular formula is C24H27ClFN3O2S. The maximum Gasteiger partial charge on any atom is 0.248 e. The smallest absolute Gasteiger partial charge is 0.248 e. The molecule has 2 amide bonds. The molecule has 1 saturated heterocycles. The third kappa shape index (κ3) is 5.27. The lowest BCUT2D eigenvalue weighted by Crippen LogP contribution is -2.51. The number of hydrogen-bond donors (Lipinski definition) is 2. The maximum absolute atomic E-state index is 14.2. The highest BCUT2D eigenvalue weighted by molar-refractivity contribution is 7.97. The van der Waals surface area contributed by atoms with Gasteiger partial charge in [0, 0.05) is 28.1 Å². The van der Waals surface area contributed by atoms with Crippen molar-refractivity contribution in [3.63, 3.8) is 0 Å². The fraction of sp³-hybridized carbons (Fsp3) is 0.417. The molecule has 2 aliphatic rings. The molecule has 1 saturated carbocycles. The third-order valence-electron chi connectivity index (χ3n) is 6.01. The number of carbonyl (C=O) groups is 2. The number of hydrogen-bond acceptors (Lipinski definition) is 4. The summed E-state index contributed by atoms with van der Waals surface area (Å²) in [6, 6.07) is 11.4. The molecular weight excluding hydrogens is 449 g/mol. The van der Waals surface area contributed by atoms with Crippen LogP contribution in [-0.4, -0.2) is 29.7 Å². The largest absolute Gasteiger partial charge is 0.351 e. The van der Waals surface area contributed by atoms with E-state index in [1.807, 2.05) is 0 Å². The van der Waals surface area contributed by atoms with Crippen molar-refractivity contribution in [1.29, 1.82) is 0 Å². The van der Waals surface area contributed by atoms with E-state index < -0.39 is 17.9 Å². The molecule has 0 spiro atoms. The summed E-state index contributed by atoms with van der Waals surface area (Å²) in [5.74, 6) is -0.254. The molecule has 2 atom stereocenters. The second kappa shape index (κ2) is 10.7. The number of benzene rings is 2. The van der Waals surface area contributed by atoms with Gasteiger partial charge in [-0.25, -0.2) is 4.39 Å². The van der Waals surface area contributed by atoms with Crippen molar-refractivity contribution >= 4 is 41.1 Å². The molecule has 2 aromatic rings. The van der Waals surface area contributed by atoms with Gasteiger partial charge in [-0.3, -0.25) is 19.2 Å². The van der Waals surface area contributed by atoms with Gasteiger partial charge < -0.3 is 5.32 Å². The highest BCUT2D eigenvalue weighted by atomic mass is 35.5. The van der Waals surface area contributed by atoms with Crippen molar-refractivity contribution in [2.45, 2.75) is 56.7 Å². The molecule has 5 nitrogen and oxygen atoms in total. The summed E-state index contributed by atoms with van der Waals surface area (Å²) in [6.45, 7) is 0. The van der Waals surface area contributed by atoms with E-state index in [4.69, 9.17) is 11.6 Å². The van der Waals surface area contributed by atoms with Crippen molar-refractivity contribution in [3.8, 4) is 0 Å². The lowest BCUT2D eigenvalue weighted by molar-refractivity contribution is -0.127. The van der Waals surface area contributed by atoms with Crippen molar-refractivity contribution in [3.05, 3.63) is 64.9 Å². The fourth-order valence-corrected chi connectivity index (χ4v) is 5.52. The number of nitrogens with zero attached hydrogens (tertiary/aromatic N) is 1. The van der Waals surface area contributed by atoms with E-state index in [0.717, 1.165) is 31.4 Å². The Morgan fingerprint density at radius 1 is 1.09 bits per heavy atom.